The van der Waals surface area contributed by atoms with E-state index in [0.29, 0.717) is 22.8 Å². The molecule has 3 N–H and O–H groups in total. The number of carbonyl (C=O) groups excluding carboxylic acids is 3. The lowest BCUT2D eigenvalue weighted by atomic mass is 10.2. The molecule has 2 aromatic carbocycles. The molecule has 0 aliphatic heterocycles. The molecule has 33 heavy (non-hydrogen) atoms. The molecule has 1 heterocycles. The van der Waals surface area contributed by atoms with E-state index in [-0.39, 0.29) is 19.1 Å². The van der Waals surface area contributed by atoms with Crippen LogP contribution >= 0.6 is 15.9 Å². The molecule has 170 valence electrons. The van der Waals surface area contributed by atoms with Gasteiger partial charge in [-0.15, -0.1) is 0 Å². The normalized spacial score (nSPS) is 10.6. The molecular formula is C23H21BrN4O5. The number of amides is 3. The van der Waals surface area contributed by atoms with Crippen LogP contribution in [-0.4, -0.2) is 30.5 Å². The molecule has 0 bridgehead atoms. The average molecular weight is 513 g/mol. The molecule has 3 rings (SSSR count). The van der Waals surface area contributed by atoms with Gasteiger partial charge in [0, 0.05) is 15.7 Å². The first-order chi connectivity index (χ1) is 15.9. The van der Waals surface area contributed by atoms with Crippen LogP contribution in [0.3, 0.4) is 0 Å². The fourth-order valence-corrected chi connectivity index (χ4v) is 2.96. The Morgan fingerprint density at radius 1 is 1.09 bits per heavy atom. The third-order valence-electron chi connectivity index (χ3n) is 4.26. The summed E-state index contributed by atoms with van der Waals surface area (Å²) in [6.45, 7) is 1.94. The summed E-state index contributed by atoms with van der Waals surface area (Å²) in [5.74, 6) is -1.12. The first-order valence-electron chi connectivity index (χ1n) is 9.83. The minimum absolute atomic E-state index is 0.228. The second-order valence-electron chi connectivity index (χ2n) is 6.85. The van der Waals surface area contributed by atoms with E-state index in [1.807, 2.05) is 19.1 Å². The van der Waals surface area contributed by atoms with Gasteiger partial charge in [-0.05, 0) is 49.4 Å². The number of hydrogen-bond donors (Lipinski definition) is 3. The van der Waals surface area contributed by atoms with Crippen molar-refractivity contribution < 1.29 is 23.5 Å². The van der Waals surface area contributed by atoms with Crippen LogP contribution in [-0.2, 0) is 20.9 Å². The number of hydrogen-bond acceptors (Lipinski definition) is 6. The van der Waals surface area contributed by atoms with Crippen molar-refractivity contribution in [3.63, 3.8) is 0 Å². The standard InChI is InChI=1S/C23H21BrN4O5/c1-15-4-7-18(8-5-15)27-22(30)23(31)28-26-12-16-11-17(24)6-9-20(16)33-14-21(29)25-13-19-3-2-10-32-19/h2-12H,13-14H2,1H3,(H,25,29)(H,27,30)(H,28,31)/b26-12-. The number of carbonyl (C=O) groups is 3. The van der Waals surface area contributed by atoms with E-state index in [1.54, 1.807) is 42.5 Å². The third kappa shape index (κ3) is 7.62. The highest BCUT2D eigenvalue weighted by atomic mass is 79.9. The molecule has 0 unspecified atom stereocenters. The second kappa shape index (κ2) is 11.6. The van der Waals surface area contributed by atoms with Crippen molar-refractivity contribution in [1.29, 1.82) is 0 Å². The maximum atomic E-state index is 12.0. The Labute approximate surface area is 198 Å². The minimum atomic E-state index is -0.929. The van der Waals surface area contributed by atoms with Gasteiger partial charge in [0.15, 0.2) is 6.61 Å². The summed E-state index contributed by atoms with van der Waals surface area (Å²) in [5, 5.41) is 8.98. The van der Waals surface area contributed by atoms with Crippen molar-refractivity contribution in [2.24, 2.45) is 5.10 Å². The number of benzene rings is 2. The predicted molar refractivity (Wildman–Crippen MR) is 126 cm³/mol. The number of nitrogens with one attached hydrogen (secondary N) is 3. The molecule has 10 heteroatoms. The lowest BCUT2D eigenvalue weighted by Gasteiger charge is -2.10. The van der Waals surface area contributed by atoms with Crippen LogP contribution in [0.2, 0.25) is 0 Å². The summed E-state index contributed by atoms with van der Waals surface area (Å²) in [5.41, 5.74) is 4.19. The number of rotatable bonds is 8. The van der Waals surface area contributed by atoms with Crippen molar-refractivity contribution in [3.8, 4) is 5.75 Å². The molecule has 0 spiro atoms. The summed E-state index contributed by atoms with van der Waals surface area (Å²) in [7, 11) is 0. The molecule has 3 aromatic rings. The first kappa shape index (κ1) is 23.7. The fourth-order valence-electron chi connectivity index (χ4n) is 2.58. The Balaban J connectivity index is 1.53. The molecule has 0 saturated heterocycles. The molecule has 0 aliphatic rings. The Morgan fingerprint density at radius 2 is 1.88 bits per heavy atom. The van der Waals surface area contributed by atoms with Gasteiger partial charge >= 0.3 is 11.8 Å². The zero-order chi connectivity index (χ0) is 23.6. The topological polar surface area (TPSA) is 122 Å². The highest BCUT2D eigenvalue weighted by molar-refractivity contribution is 9.10. The molecule has 0 atom stereocenters. The second-order valence-corrected chi connectivity index (χ2v) is 7.76. The number of nitrogens with zero attached hydrogens (tertiary/aromatic N) is 1. The number of anilines is 1. The number of hydrazone groups is 1. The van der Waals surface area contributed by atoms with E-state index in [0.717, 1.165) is 10.0 Å². The van der Waals surface area contributed by atoms with Gasteiger partial charge in [-0.2, -0.15) is 5.10 Å². The summed E-state index contributed by atoms with van der Waals surface area (Å²) in [6, 6.07) is 15.6. The quantitative estimate of drug-likeness (QED) is 0.243. The minimum Gasteiger partial charge on any atom is -0.483 e. The van der Waals surface area contributed by atoms with Crippen LogP contribution in [0.5, 0.6) is 5.75 Å². The summed E-state index contributed by atoms with van der Waals surface area (Å²) in [6.07, 6.45) is 2.84. The molecule has 9 nitrogen and oxygen atoms in total. The third-order valence-corrected chi connectivity index (χ3v) is 4.75. The summed E-state index contributed by atoms with van der Waals surface area (Å²) in [4.78, 5) is 36.0. The smallest absolute Gasteiger partial charge is 0.329 e. The van der Waals surface area contributed by atoms with Gasteiger partial charge in [0.1, 0.15) is 11.5 Å². The van der Waals surface area contributed by atoms with Crippen LogP contribution in [0.25, 0.3) is 0 Å². The van der Waals surface area contributed by atoms with E-state index < -0.39 is 11.8 Å². The maximum absolute atomic E-state index is 12.0. The van der Waals surface area contributed by atoms with E-state index in [4.69, 9.17) is 9.15 Å². The SMILES string of the molecule is Cc1ccc(NC(=O)C(=O)N/N=C\c2cc(Br)ccc2OCC(=O)NCc2ccco2)cc1. The van der Waals surface area contributed by atoms with E-state index in [1.165, 1.54) is 12.5 Å². The molecule has 0 radical (unpaired) electrons. The van der Waals surface area contributed by atoms with E-state index in [2.05, 4.69) is 37.1 Å². The Hall–Kier alpha value is -3.92. The van der Waals surface area contributed by atoms with Gasteiger partial charge in [-0.3, -0.25) is 14.4 Å². The van der Waals surface area contributed by atoms with Gasteiger partial charge in [0.25, 0.3) is 5.91 Å². The number of ether oxygens (including phenoxy) is 1. The van der Waals surface area contributed by atoms with Gasteiger partial charge < -0.3 is 19.8 Å². The fraction of sp³-hybridized carbons (Fsp3) is 0.130. The number of furan rings is 1. The zero-order valence-electron chi connectivity index (χ0n) is 17.6. The van der Waals surface area contributed by atoms with E-state index in [9.17, 15) is 14.4 Å². The molecule has 0 aliphatic carbocycles. The molecule has 1 aromatic heterocycles. The Kier molecular flexibility index (Phi) is 8.36. The van der Waals surface area contributed by atoms with Gasteiger partial charge in [0.2, 0.25) is 0 Å². The van der Waals surface area contributed by atoms with Gasteiger partial charge in [0.05, 0.1) is 19.0 Å². The number of halogens is 1. The van der Waals surface area contributed by atoms with Crippen LogP contribution < -0.4 is 20.8 Å². The first-order valence-corrected chi connectivity index (χ1v) is 10.6. The lowest BCUT2D eigenvalue weighted by Crippen LogP contribution is -2.32. The van der Waals surface area contributed by atoms with Gasteiger partial charge in [-0.25, -0.2) is 5.43 Å². The lowest BCUT2D eigenvalue weighted by molar-refractivity contribution is -0.136. The summed E-state index contributed by atoms with van der Waals surface area (Å²) >= 11 is 3.35. The van der Waals surface area contributed by atoms with Crippen molar-refractivity contribution >= 4 is 45.6 Å². The van der Waals surface area contributed by atoms with Crippen molar-refractivity contribution in [1.82, 2.24) is 10.7 Å². The highest BCUT2D eigenvalue weighted by Gasteiger charge is 2.13. The average Bonchev–Trinajstić information content (AvgIpc) is 3.32. The van der Waals surface area contributed by atoms with Crippen molar-refractivity contribution in [3.05, 3.63) is 82.2 Å². The maximum Gasteiger partial charge on any atom is 0.329 e. The van der Waals surface area contributed by atoms with Crippen LogP contribution in [0.4, 0.5) is 5.69 Å². The Morgan fingerprint density at radius 3 is 2.61 bits per heavy atom. The van der Waals surface area contributed by atoms with Gasteiger partial charge in [-0.1, -0.05) is 33.6 Å². The summed E-state index contributed by atoms with van der Waals surface area (Å²) < 4.78 is 11.5. The monoisotopic (exact) mass is 512 g/mol. The molecule has 0 fully saturated rings. The molecule has 0 saturated carbocycles. The van der Waals surface area contributed by atoms with Crippen molar-refractivity contribution in [2.75, 3.05) is 11.9 Å². The van der Waals surface area contributed by atoms with Crippen LogP contribution in [0, 0.1) is 6.92 Å². The Bertz CT molecular complexity index is 1140. The largest absolute Gasteiger partial charge is 0.483 e. The highest BCUT2D eigenvalue weighted by Crippen LogP contribution is 2.21. The predicted octanol–water partition coefficient (Wildman–Crippen LogP) is 3.13. The van der Waals surface area contributed by atoms with E-state index >= 15 is 0 Å². The van der Waals surface area contributed by atoms with Crippen molar-refractivity contribution in [2.45, 2.75) is 13.5 Å². The zero-order valence-corrected chi connectivity index (χ0v) is 19.2. The van der Waals surface area contributed by atoms with Crippen LogP contribution in [0.1, 0.15) is 16.9 Å². The number of aryl methyl sites for hydroxylation is 1. The molecule has 3 amide bonds. The van der Waals surface area contributed by atoms with Crippen LogP contribution in [0.15, 0.2) is 74.9 Å². The molecular weight excluding hydrogens is 492 g/mol.